The molecule has 1 aromatic rings. The second-order valence-corrected chi connectivity index (χ2v) is 3.88. The standard InChI is InChI=1S/C11H19N3O/c1-9(3-6-15)7-14-10(2)11-8-12-4-5-13-11/h4-5,8-10,14-15H,3,6-7H2,1-2H3. The molecule has 15 heavy (non-hydrogen) atoms. The molecular formula is C11H19N3O. The Labute approximate surface area is 90.8 Å². The van der Waals surface area contributed by atoms with Crippen molar-refractivity contribution in [2.75, 3.05) is 13.2 Å². The minimum absolute atomic E-state index is 0.208. The highest BCUT2D eigenvalue weighted by Gasteiger charge is 2.07. The highest BCUT2D eigenvalue weighted by molar-refractivity contribution is 5.00. The van der Waals surface area contributed by atoms with Gasteiger partial charge in [-0.25, -0.2) is 0 Å². The minimum atomic E-state index is 0.208. The molecule has 0 saturated heterocycles. The van der Waals surface area contributed by atoms with E-state index in [1.165, 1.54) is 0 Å². The first-order valence-electron chi connectivity index (χ1n) is 5.34. The summed E-state index contributed by atoms with van der Waals surface area (Å²) in [4.78, 5) is 8.25. The van der Waals surface area contributed by atoms with E-state index in [1.807, 2.05) is 0 Å². The Morgan fingerprint density at radius 1 is 1.40 bits per heavy atom. The molecule has 0 radical (unpaired) electrons. The zero-order valence-electron chi connectivity index (χ0n) is 9.35. The van der Waals surface area contributed by atoms with Gasteiger partial charge in [-0.15, -0.1) is 0 Å². The van der Waals surface area contributed by atoms with Gasteiger partial charge in [-0.2, -0.15) is 0 Å². The highest BCUT2D eigenvalue weighted by Crippen LogP contribution is 2.08. The third-order valence-corrected chi connectivity index (χ3v) is 2.42. The molecule has 0 fully saturated rings. The predicted octanol–water partition coefficient (Wildman–Crippen LogP) is 1.15. The SMILES string of the molecule is CC(CCO)CNC(C)c1cnccn1. The van der Waals surface area contributed by atoms with Crippen LogP contribution in [0.1, 0.15) is 32.0 Å². The second-order valence-electron chi connectivity index (χ2n) is 3.88. The summed E-state index contributed by atoms with van der Waals surface area (Å²) < 4.78 is 0. The van der Waals surface area contributed by atoms with Gasteiger partial charge in [0.05, 0.1) is 5.69 Å². The fourth-order valence-corrected chi connectivity index (χ4v) is 1.34. The van der Waals surface area contributed by atoms with E-state index in [9.17, 15) is 0 Å². The fraction of sp³-hybridized carbons (Fsp3) is 0.636. The van der Waals surface area contributed by atoms with Crippen LogP contribution in [0.5, 0.6) is 0 Å². The van der Waals surface area contributed by atoms with Gasteiger partial charge in [0, 0.05) is 31.2 Å². The van der Waals surface area contributed by atoms with Crippen molar-refractivity contribution < 1.29 is 5.11 Å². The Balaban J connectivity index is 2.33. The zero-order valence-corrected chi connectivity index (χ0v) is 9.35. The molecule has 2 N–H and O–H groups in total. The number of hydrogen-bond acceptors (Lipinski definition) is 4. The fourth-order valence-electron chi connectivity index (χ4n) is 1.34. The largest absolute Gasteiger partial charge is 0.396 e. The lowest BCUT2D eigenvalue weighted by Gasteiger charge is -2.16. The molecule has 0 spiro atoms. The quantitative estimate of drug-likeness (QED) is 0.738. The smallest absolute Gasteiger partial charge is 0.0753 e. The van der Waals surface area contributed by atoms with Crippen LogP contribution in [0.2, 0.25) is 0 Å². The van der Waals surface area contributed by atoms with E-state index >= 15 is 0 Å². The number of aliphatic hydroxyl groups is 1. The first kappa shape index (κ1) is 12.1. The van der Waals surface area contributed by atoms with Gasteiger partial charge in [0.2, 0.25) is 0 Å². The van der Waals surface area contributed by atoms with Crippen LogP contribution in [-0.4, -0.2) is 28.2 Å². The molecule has 0 bridgehead atoms. The number of rotatable bonds is 6. The van der Waals surface area contributed by atoms with Crippen molar-refractivity contribution in [2.45, 2.75) is 26.3 Å². The number of aliphatic hydroxyl groups excluding tert-OH is 1. The Morgan fingerprint density at radius 3 is 2.80 bits per heavy atom. The van der Waals surface area contributed by atoms with E-state index in [-0.39, 0.29) is 12.6 Å². The van der Waals surface area contributed by atoms with Crippen LogP contribution in [0.25, 0.3) is 0 Å². The molecule has 4 nitrogen and oxygen atoms in total. The molecule has 0 aliphatic carbocycles. The molecule has 2 unspecified atom stereocenters. The first-order valence-corrected chi connectivity index (χ1v) is 5.34. The van der Waals surface area contributed by atoms with Gasteiger partial charge < -0.3 is 10.4 Å². The van der Waals surface area contributed by atoms with Gasteiger partial charge in [0.1, 0.15) is 0 Å². The molecule has 0 aliphatic heterocycles. The summed E-state index contributed by atoms with van der Waals surface area (Å²) in [6, 6.07) is 0.208. The Hall–Kier alpha value is -1.00. The van der Waals surface area contributed by atoms with Crippen molar-refractivity contribution in [3.05, 3.63) is 24.3 Å². The van der Waals surface area contributed by atoms with Crippen LogP contribution in [0.3, 0.4) is 0 Å². The molecule has 1 heterocycles. The average molecular weight is 209 g/mol. The van der Waals surface area contributed by atoms with Gasteiger partial charge in [-0.1, -0.05) is 6.92 Å². The number of hydrogen-bond donors (Lipinski definition) is 2. The van der Waals surface area contributed by atoms with Crippen LogP contribution in [-0.2, 0) is 0 Å². The van der Waals surface area contributed by atoms with E-state index < -0.39 is 0 Å². The van der Waals surface area contributed by atoms with Crippen LogP contribution >= 0.6 is 0 Å². The summed E-state index contributed by atoms with van der Waals surface area (Å²) in [5, 5.41) is 12.1. The Morgan fingerprint density at radius 2 is 2.20 bits per heavy atom. The molecule has 1 aromatic heterocycles. The molecule has 0 aromatic carbocycles. The van der Waals surface area contributed by atoms with Crippen LogP contribution in [0, 0.1) is 5.92 Å². The summed E-state index contributed by atoms with van der Waals surface area (Å²) in [5.41, 5.74) is 0.952. The lowest BCUT2D eigenvalue weighted by Crippen LogP contribution is -2.25. The van der Waals surface area contributed by atoms with E-state index in [1.54, 1.807) is 18.6 Å². The maximum atomic E-state index is 8.77. The second kappa shape index (κ2) is 6.48. The lowest BCUT2D eigenvalue weighted by molar-refractivity contribution is 0.258. The first-order chi connectivity index (χ1) is 7.24. The van der Waals surface area contributed by atoms with Crippen molar-refractivity contribution in [1.29, 1.82) is 0 Å². The predicted molar refractivity (Wildman–Crippen MR) is 59.3 cm³/mol. The van der Waals surface area contributed by atoms with E-state index in [0.29, 0.717) is 5.92 Å². The monoisotopic (exact) mass is 209 g/mol. The minimum Gasteiger partial charge on any atom is -0.396 e. The molecule has 0 saturated carbocycles. The Kier molecular flexibility index (Phi) is 5.21. The normalized spacial score (nSPS) is 14.9. The van der Waals surface area contributed by atoms with Crippen LogP contribution < -0.4 is 5.32 Å². The van der Waals surface area contributed by atoms with Crippen LogP contribution in [0.15, 0.2) is 18.6 Å². The maximum absolute atomic E-state index is 8.77. The van der Waals surface area contributed by atoms with Gasteiger partial charge >= 0.3 is 0 Å². The van der Waals surface area contributed by atoms with Gasteiger partial charge in [-0.05, 0) is 25.8 Å². The summed E-state index contributed by atoms with van der Waals surface area (Å²) in [7, 11) is 0. The van der Waals surface area contributed by atoms with Crippen molar-refractivity contribution in [2.24, 2.45) is 5.92 Å². The average Bonchev–Trinajstić information content (AvgIpc) is 2.27. The number of nitrogens with zero attached hydrogens (tertiary/aromatic N) is 2. The molecule has 2 atom stereocenters. The van der Waals surface area contributed by atoms with E-state index in [0.717, 1.165) is 18.7 Å². The molecule has 4 heteroatoms. The molecule has 1 rings (SSSR count). The molecular weight excluding hydrogens is 190 g/mol. The Bertz CT molecular complexity index is 266. The van der Waals surface area contributed by atoms with Gasteiger partial charge in [0.15, 0.2) is 0 Å². The third-order valence-electron chi connectivity index (χ3n) is 2.42. The summed E-state index contributed by atoms with van der Waals surface area (Å²) in [6.07, 6.45) is 5.98. The van der Waals surface area contributed by atoms with E-state index in [2.05, 4.69) is 29.1 Å². The lowest BCUT2D eigenvalue weighted by atomic mass is 10.1. The topological polar surface area (TPSA) is 58.0 Å². The molecule has 84 valence electrons. The molecule has 0 aliphatic rings. The number of nitrogens with one attached hydrogen (secondary N) is 1. The summed E-state index contributed by atoms with van der Waals surface area (Å²) in [6.45, 7) is 5.32. The third kappa shape index (κ3) is 4.36. The maximum Gasteiger partial charge on any atom is 0.0753 e. The van der Waals surface area contributed by atoms with Crippen molar-refractivity contribution in [3.8, 4) is 0 Å². The zero-order chi connectivity index (χ0) is 11.1. The molecule has 0 amide bonds. The van der Waals surface area contributed by atoms with Crippen LogP contribution in [0.4, 0.5) is 0 Å². The van der Waals surface area contributed by atoms with Crippen molar-refractivity contribution in [3.63, 3.8) is 0 Å². The van der Waals surface area contributed by atoms with Crippen molar-refractivity contribution in [1.82, 2.24) is 15.3 Å². The summed E-state index contributed by atoms with van der Waals surface area (Å²) >= 11 is 0. The highest BCUT2D eigenvalue weighted by atomic mass is 16.3. The van der Waals surface area contributed by atoms with E-state index in [4.69, 9.17) is 5.11 Å². The van der Waals surface area contributed by atoms with Crippen molar-refractivity contribution >= 4 is 0 Å². The number of aromatic nitrogens is 2. The summed E-state index contributed by atoms with van der Waals surface area (Å²) in [5.74, 6) is 0.481. The van der Waals surface area contributed by atoms with Gasteiger partial charge in [-0.3, -0.25) is 9.97 Å². The van der Waals surface area contributed by atoms with Gasteiger partial charge in [0.25, 0.3) is 0 Å².